The molecule has 0 aliphatic carbocycles. The first-order valence-corrected chi connectivity index (χ1v) is 5.80. The van der Waals surface area contributed by atoms with Gasteiger partial charge in [-0.3, -0.25) is 0 Å². The number of carboxylic acids is 1. The van der Waals surface area contributed by atoms with Gasteiger partial charge in [-0.15, -0.1) is 0 Å². The fraction of sp³-hybridized carbons (Fsp3) is 0.214. The molecule has 0 unspecified atom stereocenters. The van der Waals surface area contributed by atoms with E-state index in [0.29, 0.717) is 18.0 Å². The summed E-state index contributed by atoms with van der Waals surface area (Å²) in [6.07, 6.45) is 0. The number of benzene rings is 1. The molecule has 2 rings (SSSR count). The third kappa shape index (κ3) is 2.93. The van der Waals surface area contributed by atoms with E-state index >= 15 is 0 Å². The van der Waals surface area contributed by atoms with Gasteiger partial charge in [-0.25, -0.2) is 9.18 Å². The van der Waals surface area contributed by atoms with Gasteiger partial charge in [0.2, 0.25) is 5.76 Å². The molecule has 1 heterocycles. The van der Waals surface area contributed by atoms with Crippen molar-refractivity contribution in [3.63, 3.8) is 0 Å². The van der Waals surface area contributed by atoms with Crippen LogP contribution in [0, 0.1) is 19.7 Å². The van der Waals surface area contributed by atoms with Crippen LogP contribution in [0.5, 0.6) is 0 Å². The van der Waals surface area contributed by atoms with E-state index in [-0.39, 0.29) is 11.6 Å². The predicted octanol–water partition coefficient (Wildman–Crippen LogP) is 3.35. The van der Waals surface area contributed by atoms with Crippen LogP contribution in [0.1, 0.15) is 27.4 Å². The largest absolute Gasteiger partial charge is 0.475 e. The second-order valence-electron chi connectivity index (χ2n) is 4.31. The van der Waals surface area contributed by atoms with E-state index in [4.69, 9.17) is 9.52 Å². The van der Waals surface area contributed by atoms with Gasteiger partial charge in [0.25, 0.3) is 0 Å². The number of hydrogen-bond acceptors (Lipinski definition) is 3. The summed E-state index contributed by atoms with van der Waals surface area (Å²) in [4.78, 5) is 10.8. The maximum Gasteiger partial charge on any atom is 0.371 e. The molecule has 5 heteroatoms. The zero-order chi connectivity index (χ0) is 14.0. The summed E-state index contributed by atoms with van der Waals surface area (Å²) < 4.78 is 18.2. The number of aromatic carboxylic acids is 1. The Balaban J connectivity index is 2.14. The number of nitrogens with one attached hydrogen (secondary N) is 1. The predicted molar refractivity (Wildman–Crippen MR) is 68.9 cm³/mol. The van der Waals surface area contributed by atoms with E-state index in [1.165, 1.54) is 18.2 Å². The van der Waals surface area contributed by atoms with Gasteiger partial charge in [-0.2, -0.15) is 0 Å². The standard InChI is InChI=1S/C14H14FNO3/c1-8-3-4-11(15)6-12(8)16-7-10-5-13(14(17)18)19-9(10)2/h3-6,16H,7H2,1-2H3,(H,17,18). The number of rotatable bonds is 4. The molecule has 0 aliphatic rings. The van der Waals surface area contributed by atoms with Gasteiger partial charge in [-0.1, -0.05) is 6.07 Å². The highest BCUT2D eigenvalue weighted by Crippen LogP contribution is 2.20. The number of carbonyl (C=O) groups is 1. The van der Waals surface area contributed by atoms with E-state index in [2.05, 4.69) is 5.32 Å². The quantitative estimate of drug-likeness (QED) is 0.888. The van der Waals surface area contributed by atoms with Crippen LogP contribution >= 0.6 is 0 Å². The van der Waals surface area contributed by atoms with Gasteiger partial charge in [0, 0.05) is 17.8 Å². The number of hydrogen-bond donors (Lipinski definition) is 2. The van der Waals surface area contributed by atoms with Crippen LogP contribution < -0.4 is 5.32 Å². The number of furan rings is 1. The lowest BCUT2D eigenvalue weighted by Gasteiger charge is -2.08. The van der Waals surface area contributed by atoms with Crippen LogP contribution in [-0.2, 0) is 6.54 Å². The first kappa shape index (κ1) is 13.1. The first-order valence-electron chi connectivity index (χ1n) is 5.80. The van der Waals surface area contributed by atoms with E-state index in [9.17, 15) is 9.18 Å². The molecule has 0 spiro atoms. The molecule has 0 fully saturated rings. The molecule has 2 aromatic rings. The van der Waals surface area contributed by atoms with Crippen molar-refractivity contribution < 1.29 is 18.7 Å². The van der Waals surface area contributed by atoms with Gasteiger partial charge >= 0.3 is 5.97 Å². The van der Waals surface area contributed by atoms with Gasteiger partial charge in [0.1, 0.15) is 11.6 Å². The minimum absolute atomic E-state index is 0.0923. The third-order valence-corrected chi connectivity index (χ3v) is 2.90. The number of carboxylic acid groups (broad SMARTS) is 1. The summed E-state index contributed by atoms with van der Waals surface area (Å²) in [5.74, 6) is -0.969. The lowest BCUT2D eigenvalue weighted by molar-refractivity contribution is 0.0661. The lowest BCUT2D eigenvalue weighted by atomic mass is 10.2. The Morgan fingerprint density at radius 2 is 2.11 bits per heavy atom. The number of anilines is 1. The minimum atomic E-state index is -1.10. The van der Waals surface area contributed by atoms with E-state index in [0.717, 1.165) is 11.1 Å². The fourth-order valence-corrected chi connectivity index (χ4v) is 1.78. The molecular weight excluding hydrogens is 249 g/mol. The SMILES string of the molecule is Cc1ccc(F)cc1NCc1cc(C(=O)O)oc1C. The summed E-state index contributed by atoms with van der Waals surface area (Å²) >= 11 is 0. The van der Waals surface area contributed by atoms with Gasteiger partial charge in [0.15, 0.2) is 0 Å². The molecule has 1 aromatic heterocycles. The highest BCUT2D eigenvalue weighted by molar-refractivity contribution is 5.84. The molecule has 100 valence electrons. The molecule has 0 radical (unpaired) electrons. The molecule has 0 saturated heterocycles. The van der Waals surface area contributed by atoms with Gasteiger partial charge in [-0.05, 0) is 37.6 Å². The Morgan fingerprint density at radius 3 is 2.74 bits per heavy atom. The molecule has 2 N–H and O–H groups in total. The van der Waals surface area contributed by atoms with Crippen LogP contribution in [-0.4, -0.2) is 11.1 Å². The maximum absolute atomic E-state index is 13.1. The second kappa shape index (κ2) is 5.14. The smallest absolute Gasteiger partial charge is 0.371 e. The summed E-state index contributed by atoms with van der Waals surface area (Å²) in [6, 6.07) is 5.96. The summed E-state index contributed by atoms with van der Waals surface area (Å²) in [5, 5.41) is 11.9. The number of halogens is 1. The van der Waals surface area contributed by atoms with Crippen molar-refractivity contribution >= 4 is 11.7 Å². The monoisotopic (exact) mass is 263 g/mol. The zero-order valence-corrected chi connectivity index (χ0v) is 10.7. The molecule has 0 atom stereocenters. The van der Waals surface area contributed by atoms with Crippen molar-refractivity contribution in [2.45, 2.75) is 20.4 Å². The average molecular weight is 263 g/mol. The van der Waals surface area contributed by atoms with Crippen molar-refractivity contribution in [2.24, 2.45) is 0 Å². The van der Waals surface area contributed by atoms with Crippen molar-refractivity contribution in [2.75, 3.05) is 5.32 Å². The van der Waals surface area contributed by atoms with E-state index in [1.807, 2.05) is 6.92 Å². The molecule has 4 nitrogen and oxygen atoms in total. The van der Waals surface area contributed by atoms with Crippen molar-refractivity contribution in [3.05, 3.63) is 52.7 Å². The Labute approximate surface area is 109 Å². The van der Waals surface area contributed by atoms with Crippen molar-refractivity contribution in [1.82, 2.24) is 0 Å². The van der Waals surface area contributed by atoms with E-state index in [1.54, 1.807) is 13.0 Å². The summed E-state index contributed by atoms with van der Waals surface area (Å²) in [5.41, 5.74) is 2.33. The highest BCUT2D eigenvalue weighted by Gasteiger charge is 2.13. The zero-order valence-electron chi connectivity index (χ0n) is 10.7. The normalized spacial score (nSPS) is 10.5. The van der Waals surface area contributed by atoms with E-state index < -0.39 is 5.97 Å². The summed E-state index contributed by atoms with van der Waals surface area (Å²) in [6.45, 7) is 3.95. The minimum Gasteiger partial charge on any atom is -0.475 e. The number of aryl methyl sites for hydroxylation is 2. The second-order valence-corrected chi connectivity index (χ2v) is 4.31. The van der Waals surface area contributed by atoms with Gasteiger partial charge in [0.05, 0.1) is 0 Å². The molecule has 0 bridgehead atoms. The summed E-state index contributed by atoms with van der Waals surface area (Å²) in [7, 11) is 0. The van der Waals surface area contributed by atoms with Crippen LogP contribution in [0.15, 0.2) is 28.7 Å². The van der Waals surface area contributed by atoms with Crippen LogP contribution in [0.25, 0.3) is 0 Å². The lowest BCUT2D eigenvalue weighted by Crippen LogP contribution is -2.01. The molecule has 0 amide bonds. The average Bonchev–Trinajstić information content (AvgIpc) is 2.72. The fourth-order valence-electron chi connectivity index (χ4n) is 1.78. The van der Waals surface area contributed by atoms with Gasteiger partial charge < -0.3 is 14.8 Å². The third-order valence-electron chi connectivity index (χ3n) is 2.90. The van der Waals surface area contributed by atoms with Crippen LogP contribution in [0.3, 0.4) is 0 Å². The van der Waals surface area contributed by atoms with Crippen molar-refractivity contribution in [3.8, 4) is 0 Å². The van der Waals surface area contributed by atoms with Crippen LogP contribution in [0.4, 0.5) is 10.1 Å². The molecule has 19 heavy (non-hydrogen) atoms. The maximum atomic E-state index is 13.1. The molecule has 0 aliphatic heterocycles. The van der Waals surface area contributed by atoms with Crippen molar-refractivity contribution in [1.29, 1.82) is 0 Å². The topological polar surface area (TPSA) is 62.5 Å². The Morgan fingerprint density at radius 1 is 1.37 bits per heavy atom. The Bertz CT molecular complexity index is 619. The Hall–Kier alpha value is -2.30. The Kier molecular flexibility index (Phi) is 3.55. The molecule has 1 aromatic carbocycles. The first-order chi connectivity index (χ1) is 8.97. The molecular formula is C14H14FNO3. The van der Waals surface area contributed by atoms with Crippen LogP contribution in [0.2, 0.25) is 0 Å². The highest BCUT2D eigenvalue weighted by atomic mass is 19.1. The molecule has 0 saturated carbocycles.